The quantitative estimate of drug-likeness (QED) is 0.862. The molecule has 1 aliphatic rings. The molecular formula is C16H15ClN2O2. The molecule has 4 nitrogen and oxygen atoms in total. The third kappa shape index (κ3) is 2.95. The number of amides is 2. The highest BCUT2D eigenvalue weighted by atomic mass is 35.5. The molecule has 0 unspecified atom stereocenters. The Morgan fingerprint density at radius 3 is 2.76 bits per heavy atom. The van der Waals surface area contributed by atoms with Crippen LogP contribution >= 0.6 is 11.6 Å². The van der Waals surface area contributed by atoms with E-state index in [1.54, 1.807) is 29.2 Å². The number of urea groups is 1. The third-order valence-corrected chi connectivity index (χ3v) is 3.57. The summed E-state index contributed by atoms with van der Waals surface area (Å²) in [5, 5.41) is 3.51. The van der Waals surface area contributed by atoms with Gasteiger partial charge in [0.05, 0.1) is 12.2 Å². The molecule has 1 N–H and O–H groups in total. The highest BCUT2D eigenvalue weighted by molar-refractivity contribution is 6.30. The summed E-state index contributed by atoms with van der Waals surface area (Å²) in [6, 6.07) is 12.7. The number of nitrogens with zero attached hydrogens (tertiary/aromatic N) is 1. The monoisotopic (exact) mass is 302 g/mol. The zero-order valence-electron chi connectivity index (χ0n) is 11.6. The fourth-order valence-corrected chi connectivity index (χ4v) is 2.39. The lowest BCUT2D eigenvalue weighted by Crippen LogP contribution is -2.40. The molecule has 0 atom stereocenters. The maximum atomic E-state index is 12.5. The van der Waals surface area contributed by atoms with Crippen molar-refractivity contribution < 1.29 is 9.53 Å². The van der Waals surface area contributed by atoms with E-state index in [1.807, 2.05) is 25.1 Å². The van der Waals surface area contributed by atoms with Crippen LogP contribution in [0.25, 0.3) is 0 Å². The Morgan fingerprint density at radius 1 is 1.24 bits per heavy atom. The number of nitrogens with one attached hydrogen (secondary N) is 1. The molecular weight excluding hydrogens is 288 g/mol. The van der Waals surface area contributed by atoms with Gasteiger partial charge in [-0.15, -0.1) is 0 Å². The van der Waals surface area contributed by atoms with Crippen molar-refractivity contribution in [1.82, 2.24) is 0 Å². The minimum atomic E-state index is -0.174. The van der Waals surface area contributed by atoms with E-state index in [2.05, 4.69) is 5.32 Å². The standard InChI is InChI=1S/C16H15ClN2O2/c1-11-2-7-15-14(10-11)19(8-9-21-15)16(20)18-13-5-3-12(17)4-6-13/h2-7,10H,8-9H2,1H3,(H,18,20). The van der Waals surface area contributed by atoms with Gasteiger partial charge in [0.15, 0.2) is 0 Å². The lowest BCUT2D eigenvalue weighted by atomic mass is 10.1. The summed E-state index contributed by atoms with van der Waals surface area (Å²) < 4.78 is 5.59. The van der Waals surface area contributed by atoms with Crippen LogP contribution in [0.2, 0.25) is 5.02 Å². The van der Waals surface area contributed by atoms with E-state index >= 15 is 0 Å². The van der Waals surface area contributed by atoms with Gasteiger partial charge in [-0.05, 0) is 48.9 Å². The summed E-state index contributed by atoms with van der Waals surface area (Å²) in [4.78, 5) is 14.1. The van der Waals surface area contributed by atoms with Crippen molar-refractivity contribution in [2.24, 2.45) is 0 Å². The molecule has 2 amide bonds. The highest BCUT2D eigenvalue weighted by Gasteiger charge is 2.23. The Bertz CT molecular complexity index is 670. The molecule has 0 saturated carbocycles. The number of halogens is 1. The maximum absolute atomic E-state index is 12.5. The summed E-state index contributed by atoms with van der Waals surface area (Å²) >= 11 is 5.84. The Morgan fingerprint density at radius 2 is 2.00 bits per heavy atom. The summed E-state index contributed by atoms with van der Waals surface area (Å²) in [6.45, 7) is 3.00. The normalized spacial score (nSPS) is 13.3. The highest BCUT2D eigenvalue weighted by Crippen LogP contribution is 2.32. The van der Waals surface area contributed by atoms with Gasteiger partial charge >= 0.3 is 6.03 Å². The number of anilines is 2. The van der Waals surface area contributed by atoms with Crippen molar-refractivity contribution in [1.29, 1.82) is 0 Å². The van der Waals surface area contributed by atoms with Crippen LogP contribution in [0.15, 0.2) is 42.5 Å². The molecule has 0 fully saturated rings. The van der Waals surface area contributed by atoms with Gasteiger partial charge in [0.1, 0.15) is 12.4 Å². The van der Waals surface area contributed by atoms with Crippen molar-refractivity contribution >= 4 is 29.0 Å². The van der Waals surface area contributed by atoms with E-state index < -0.39 is 0 Å². The van der Waals surface area contributed by atoms with E-state index in [-0.39, 0.29) is 6.03 Å². The van der Waals surface area contributed by atoms with Crippen molar-refractivity contribution in [3.8, 4) is 5.75 Å². The van der Waals surface area contributed by atoms with Crippen molar-refractivity contribution in [3.63, 3.8) is 0 Å². The molecule has 2 aromatic rings. The molecule has 1 heterocycles. The van der Waals surface area contributed by atoms with Crippen molar-refractivity contribution in [2.75, 3.05) is 23.4 Å². The number of hydrogen-bond acceptors (Lipinski definition) is 2. The van der Waals surface area contributed by atoms with Crippen LogP contribution in [0.4, 0.5) is 16.2 Å². The average molecular weight is 303 g/mol. The minimum Gasteiger partial charge on any atom is -0.490 e. The van der Waals surface area contributed by atoms with Crippen LogP contribution in [-0.2, 0) is 0 Å². The maximum Gasteiger partial charge on any atom is 0.326 e. The topological polar surface area (TPSA) is 41.6 Å². The number of benzene rings is 2. The first-order valence-corrected chi connectivity index (χ1v) is 7.09. The summed E-state index contributed by atoms with van der Waals surface area (Å²) in [5.74, 6) is 0.734. The smallest absolute Gasteiger partial charge is 0.326 e. The first-order valence-electron chi connectivity index (χ1n) is 6.71. The first kappa shape index (κ1) is 13.8. The molecule has 0 bridgehead atoms. The molecule has 0 saturated heterocycles. The van der Waals surface area contributed by atoms with Gasteiger partial charge in [0, 0.05) is 10.7 Å². The molecule has 5 heteroatoms. The van der Waals surface area contributed by atoms with Gasteiger partial charge in [-0.2, -0.15) is 0 Å². The Balaban J connectivity index is 1.83. The molecule has 0 aromatic heterocycles. The number of carbonyl (C=O) groups is 1. The second kappa shape index (κ2) is 5.66. The molecule has 2 aromatic carbocycles. The number of ether oxygens (including phenoxy) is 1. The lowest BCUT2D eigenvalue weighted by Gasteiger charge is -2.29. The van der Waals surface area contributed by atoms with E-state index in [4.69, 9.17) is 16.3 Å². The number of fused-ring (bicyclic) bond motifs is 1. The minimum absolute atomic E-state index is 0.174. The largest absolute Gasteiger partial charge is 0.490 e. The van der Waals surface area contributed by atoms with Gasteiger partial charge < -0.3 is 10.1 Å². The fourth-order valence-electron chi connectivity index (χ4n) is 2.26. The SMILES string of the molecule is Cc1ccc2c(c1)N(C(=O)Nc1ccc(Cl)cc1)CCO2. The second-order valence-electron chi connectivity index (χ2n) is 4.91. The summed E-state index contributed by atoms with van der Waals surface area (Å²) in [5.41, 5.74) is 2.60. The van der Waals surface area contributed by atoms with Gasteiger partial charge in [-0.25, -0.2) is 4.79 Å². The molecule has 3 rings (SSSR count). The predicted octanol–water partition coefficient (Wildman–Crippen LogP) is 4.08. The van der Waals surface area contributed by atoms with E-state index in [0.717, 1.165) is 17.0 Å². The van der Waals surface area contributed by atoms with Crippen LogP contribution in [-0.4, -0.2) is 19.2 Å². The van der Waals surface area contributed by atoms with Gasteiger partial charge in [-0.1, -0.05) is 17.7 Å². The average Bonchev–Trinajstić information content (AvgIpc) is 2.49. The third-order valence-electron chi connectivity index (χ3n) is 3.32. The van der Waals surface area contributed by atoms with E-state index in [9.17, 15) is 4.79 Å². The zero-order chi connectivity index (χ0) is 14.8. The summed E-state index contributed by atoms with van der Waals surface area (Å²) in [6.07, 6.45) is 0. The van der Waals surface area contributed by atoms with Crippen LogP contribution in [0.3, 0.4) is 0 Å². The fraction of sp³-hybridized carbons (Fsp3) is 0.188. The number of carbonyl (C=O) groups excluding carboxylic acids is 1. The molecule has 0 spiro atoms. The Kier molecular flexibility index (Phi) is 3.71. The lowest BCUT2D eigenvalue weighted by molar-refractivity contribution is 0.250. The van der Waals surface area contributed by atoms with Crippen LogP contribution in [0, 0.1) is 6.92 Å². The molecule has 0 radical (unpaired) electrons. The zero-order valence-corrected chi connectivity index (χ0v) is 12.4. The number of aryl methyl sites for hydroxylation is 1. The summed E-state index contributed by atoms with van der Waals surface area (Å²) in [7, 11) is 0. The van der Waals surface area contributed by atoms with Crippen LogP contribution in [0.5, 0.6) is 5.75 Å². The van der Waals surface area contributed by atoms with Crippen LogP contribution < -0.4 is 15.0 Å². The predicted molar refractivity (Wildman–Crippen MR) is 84.5 cm³/mol. The molecule has 1 aliphatic heterocycles. The van der Waals surface area contributed by atoms with Gasteiger partial charge in [-0.3, -0.25) is 4.90 Å². The first-order chi connectivity index (χ1) is 10.1. The van der Waals surface area contributed by atoms with Gasteiger partial charge in [0.2, 0.25) is 0 Å². The molecule has 108 valence electrons. The molecule has 0 aliphatic carbocycles. The molecule has 21 heavy (non-hydrogen) atoms. The van der Waals surface area contributed by atoms with E-state index in [1.165, 1.54) is 0 Å². The Hall–Kier alpha value is -2.20. The number of hydrogen-bond donors (Lipinski definition) is 1. The number of rotatable bonds is 1. The second-order valence-corrected chi connectivity index (χ2v) is 5.34. The van der Waals surface area contributed by atoms with Crippen LogP contribution in [0.1, 0.15) is 5.56 Å². The van der Waals surface area contributed by atoms with Gasteiger partial charge in [0.25, 0.3) is 0 Å². The van der Waals surface area contributed by atoms with Crippen molar-refractivity contribution in [2.45, 2.75) is 6.92 Å². The Labute approximate surface area is 128 Å². The van der Waals surface area contributed by atoms with Crippen molar-refractivity contribution in [3.05, 3.63) is 53.1 Å². The van der Waals surface area contributed by atoms with E-state index in [0.29, 0.717) is 23.9 Å².